The summed E-state index contributed by atoms with van der Waals surface area (Å²) < 4.78 is 13.7. The summed E-state index contributed by atoms with van der Waals surface area (Å²) in [5.41, 5.74) is -0.234. The first kappa shape index (κ1) is 16.1. The number of nitrogens with one attached hydrogen (secondary N) is 1. The van der Waals surface area contributed by atoms with Gasteiger partial charge in [0.25, 0.3) is 5.91 Å². The van der Waals surface area contributed by atoms with Crippen LogP contribution in [0.2, 0.25) is 0 Å². The van der Waals surface area contributed by atoms with Crippen molar-refractivity contribution in [3.63, 3.8) is 0 Å². The van der Waals surface area contributed by atoms with Gasteiger partial charge in [-0.25, -0.2) is 4.39 Å². The van der Waals surface area contributed by atoms with Crippen LogP contribution in [0.25, 0.3) is 0 Å². The largest absolute Gasteiger partial charge is 0.481 e. The van der Waals surface area contributed by atoms with Crippen molar-refractivity contribution in [3.05, 3.63) is 35.1 Å². The van der Waals surface area contributed by atoms with Crippen LogP contribution in [0.15, 0.2) is 18.2 Å². The van der Waals surface area contributed by atoms with Gasteiger partial charge < -0.3 is 10.4 Å². The number of rotatable bonds is 5. The molecule has 1 unspecified atom stereocenters. The minimum Gasteiger partial charge on any atom is -0.481 e. The molecular weight excluding hydrogens is 261 g/mol. The third-order valence-corrected chi connectivity index (χ3v) is 3.56. The van der Waals surface area contributed by atoms with Crippen molar-refractivity contribution in [2.75, 3.05) is 0 Å². The van der Waals surface area contributed by atoms with Crippen molar-refractivity contribution in [1.82, 2.24) is 5.32 Å². The number of aliphatic carboxylic acids is 1. The molecule has 0 aliphatic rings. The minimum atomic E-state index is -1.01. The van der Waals surface area contributed by atoms with Gasteiger partial charge in [0.1, 0.15) is 5.82 Å². The van der Waals surface area contributed by atoms with E-state index in [-0.39, 0.29) is 17.9 Å². The van der Waals surface area contributed by atoms with E-state index >= 15 is 0 Å². The Labute approximate surface area is 118 Å². The molecule has 0 bridgehead atoms. The molecule has 1 rings (SSSR count). The Morgan fingerprint density at radius 2 is 2.00 bits per heavy atom. The number of carboxylic acid groups (broad SMARTS) is 1. The zero-order chi connectivity index (χ0) is 15.5. The topological polar surface area (TPSA) is 66.4 Å². The molecule has 4 nitrogen and oxygen atoms in total. The zero-order valence-corrected chi connectivity index (χ0v) is 12.2. The van der Waals surface area contributed by atoms with Crippen LogP contribution in [0.1, 0.15) is 43.1 Å². The lowest BCUT2D eigenvalue weighted by Crippen LogP contribution is -2.51. The molecule has 0 saturated carbocycles. The Hall–Kier alpha value is -1.91. The molecule has 0 heterocycles. The van der Waals surface area contributed by atoms with Gasteiger partial charge in [-0.15, -0.1) is 0 Å². The molecule has 0 radical (unpaired) electrons. The highest BCUT2D eigenvalue weighted by atomic mass is 19.1. The van der Waals surface area contributed by atoms with Crippen molar-refractivity contribution < 1.29 is 19.1 Å². The molecule has 1 aromatic carbocycles. The Bertz CT molecular complexity index is 528. The van der Waals surface area contributed by atoms with Crippen LogP contribution in [-0.2, 0) is 4.79 Å². The highest BCUT2D eigenvalue weighted by Crippen LogP contribution is 2.22. The van der Waals surface area contributed by atoms with Crippen molar-refractivity contribution in [2.24, 2.45) is 5.92 Å². The van der Waals surface area contributed by atoms with Crippen LogP contribution in [-0.4, -0.2) is 22.5 Å². The average molecular weight is 281 g/mol. The monoisotopic (exact) mass is 281 g/mol. The zero-order valence-electron chi connectivity index (χ0n) is 12.2. The first-order valence-corrected chi connectivity index (χ1v) is 6.46. The average Bonchev–Trinajstić information content (AvgIpc) is 2.30. The predicted molar refractivity (Wildman–Crippen MR) is 74.1 cm³/mol. The van der Waals surface area contributed by atoms with Crippen molar-refractivity contribution >= 4 is 11.9 Å². The second-order valence-corrected chi connectivity index (χ2v) is 5.58. The normalized spacial score (nSPS) is 13.9. The number of amides is 1. The Morgan fingerprint density at radius 3 is 2.50 bits per heavy atom. The van der Waals surface area contributed by atoms with Gasteiger partial charge >= 0.3 is 5.97 Å². The second-order valence-electron chi connectivity index (χ2n) is 5.58. The molecule has 2 N–H and O–H groups in total. The third kappa shape index (κ3) is 3.79. The Balaban J connectivity index is 3.02. The second kappa shape index (κ2) is 6.03. The van der Waals surface area contributed by atoms with E-state index in [2.05, 4.69) is 5.32 Å². The molecular formula is C15H20FNO3. The molecule has 5 heteroatoms. The van der Waals surface area contributed by atoms with E-state index < -0.39 is 23.2 Å². The number of carbonyl (C=O) groups excluding carboxylic acids is 1. The number of aryl methyl sites for hydroxylation is 1. The fraction of sp³-hybridized carbons (Fsp3) is 0.467. The van der Waals surface area contributed by atoms with Gasteiger partial charge in [0.05, 0.1) is 17.5 Å². The van der Waals surface area contributed by atoms with Crippen LogP contribution in [0.3, 0.4) is 0 Å². The molecule has 0 spiro atoms. The molecule has 0 aliphatic carbocycles. The van der Waals surface area contributed by atoms with Gasteiger partial charge in [-0.05, 0) is 31.9 Å². The minimum absolute atomic E-state index is 0.0673. The smallest absolute Gasteiger partial charge is 0.305 e. The van der Waals surface area contributed by atoms with Gasteiger partial charge in [0.15, 0.2) is 0 Å². The van der Waals surface area contributed by atoms with Crippen molar-refractivity contribution in [3.8, 4) is 0 Å². The standard InChI is InChI=1S/C15H20FNO3/c1-9(2)15(4,8-13(18)19)17-14(20)11-7-10(3)5-6-12(11)16/h5-7,9H,8H2,1-4H3,(H,17,20)(H,18,19). The summed E-state index contributed by atoms with van der Waals surface area (Å²) in [6.07, 6.45) is -0.218. The van der Waals surface area contributed by atoms with E-state index in [9.17, 15) is 14.0 Å². The molecule has 0 aromatic heterocycles. The number of carboxylic acids is 1. The summed E-state index contributed by atoms with van der Waals surface area (Å²) in [4.78, 5) is 23.1. The van der Waals surface area contributed by atoms with Gasteiger partial charge in [-0.1, -0.05) is 25.5 Å². The summed E-state index contributed by atoms with van der Waals surface area (Å²) >= 11 is 0. The van der Waals surface area contributed by atoms with Gasteiger partial charge in [0, 0.05) is 0 Å². The lowest BCUT2D eigenvalue weighted by Gasteiger charge is -2.33. The van der Waals surface area contributed by atoms with Crippen molar-refractivity contribution in [2.45, 2.75) is 39.7 Å². The summed E-state index contributed by atoms with van der Waals surface area (Å²) in [5, 5.41) is 11.6. The third-order valence-electron chi connectivity index (χ3n) is 3.56. The molecule has 20 heavy (non-hydrogen) atoms. The van der Waals surface area contributed by atoms with E-state index in [1.807, 2.05) is 13.8 Å². The summed E-state index contributed by atoms with van der Waals surface area (Å²) in [6.45, 7) is 7.04. The Morgan fingerprint density at radius 1 is 1.40 bits per heavy atom. The molecule has 1 atom stereocenters. The maximum Gasteiger partial charge on any atom is 0.305 e. The maximum absolute atomic E-state index is 13.7. The molecule has 1 amide bonds. The van der Waals surface area contributed by atoms with Crippen LogP contribution in [0, 0.1) is 18.7 Å². The number of benzene rings is 1. The summed E-state index contributed by atoms with van der Waals surface area (Å²) in [7, 11) is 0. The van der Waals surface area contributed by atoms with Crippen molar-refractivity contribution in [1.29, 1.82) is 0 Å². The number of halogens is 1. The van der Waals surface area contributed by atoms with E-state index in [0.717, 1.165) is 5.56 Å². The molecule has 1 aromatic rings. The Kier molecular flexibility index (Phi) is 4.87. The lowest BCUT2D eigenvalue weighted by atomic mass is 9.85. The highest BCUT2D eigenvalue weighted by Gasteiger charge is 2.33. The van der Waals surface area contributed by atoms with Gasteiger partial charge in [0.2, 0.25) is 0 Å². The van der Waals surface area contributed by atoms with Crippen LogP contribution >= 0.6 is 0 Å². The fourth-order valence-electron chi connectivity index (χ4n) is 1.85. The van der Waals surface area contributed by atoms with E-state index in [1.165, 1.54) is 12.1 Å². The molecule has 0 aliphatic heterocycles. The van der Waals surface area contributed by atoms with E-state index in [1.54, 1.807) is 19.9 Å². The SMILES string of the molecule is Cc1ccc(F)c(C(=O)NC(C)(CC(=O)O)C(C)C)c1. The predicted octanol–water partition coefficient (Wildman–Crippen LogP) is 2.75. The summed E-state index contributed by atoms with van der Waals surface area (Å²) in [6, 6.07) is 4.26. The fourth-order valence-corrected chi connectivity index (χ4v) is 1.85. The number of hydrogen-bond acceptors (Lipinski definition) is 2. The van der Waals surface area contributed by atoms with Crippen LogP contribution in [0.4, 0.5) is 4.39 Å². The van der Waals surface area contributed by atoms with Crippen LogP contribution < -0.4 is 5.32 Å². The van der Waals surface area contributed by atoms with Gasteiger partial charge in [-0.3, -0.25) is 9.59 Å². The maximum atomic E-state index is 13.7. The van der Waals surface area contributed by atoms with Gasteiger partial charge in [-0.2, -0.15) is 0 Å². The molecule has 0 fully saturated rings. The molecule has 0 saturated heterocycles. The number of carbonyl (C=O) groups is 2. The summed E-state index contributed by atoms with van der Waals surface area (Å²) in [5.74, 6) is -2.32. The van der Waals surface area contributed by atoms with E-state index in [4.69, 9.17) is 5.11 Å². The quantitative estimate of drug-likeness (QED) is 0.872. The van der Waals surface area contributed by atoms with Crippen LogP contribution in [0.5, 0.6) is 0 Å². The molecule has 110 valence electrons. The first-order valence-electron chi connectivity index (χ1n) is 6.46. The number of hydrogen-bond donors (Lipinski definition) is 2. The van der Waals surface area contributed by atoms with E-state index in [0.29, 0.717) is 0 Å². The first-order chi connectivity index (χ1) is 9.15. The lowest BCUT2D eigenvalue weighted by molar-refractivity contribution is -0.138. The highest BCUT2D eigenvalue weighted by molar-refractivity contribution is 5.95.